The van der Waals surface area contributed by atoms with E-state index in [4.69, 9.17) is 4.74 Å². The van der Waals surface area contributed by atoms with Crippen LogP contribution in [0.15, 0.2) is 43.0 Å². The molecule has 0 aliphatic carbocycles. The van der Waals surface area contributed by atoms with Gasteiger partial charge in [0, 0.05) is 18.0 Å². The highest BCUT2D eigenvalue weighted by atomic mass is 16.5. The van der Waals surface area contributed by atoms with Crippen LogP contribution < -0.4 is 10.1 Å². The molecule has 0 radical (unpaired) electrons. The standard InChI is InChI=1S/C15H18N2O/c1-3-4-9-18-15-10-12(11-16-2)17-14-8-6-5-7-13(14)15/h3,5-8,10,16H,1,4,9,11H2,2H3. The van der Waals surface area contributed by atoms with Crippen LogP contribution in [0.3, 0.4) is 0 Å². The van der Waals surface area contributed by atoms with E-state index in [-0.39, 0.29) is 0 Å². The Morgan fingerprint density at radius 3 is 3.00 bits per heavy atom. The molecule has 0 amide bonds. The number of fused-ring (bicyclic) bond motifs is 1. The highest BCUT2D eigenvalue weighted by molar-refractivity contribution is 5.85. The molecule has 3 heteroatoms. The van der Waals surface area contributed by atoms with Crippen LogP contribution in [0.2, 0.25) is 0 Å². The zero-order valence-corrected chi connectivity index (χ0v) is 10.6. The minimum atomic E-state index is 0.649. The van der Waals surface area contributed by atoms with Crippen LogP contribution in [0.25, 0.3) is 10.9 Å². The van der Waals surface area contributed by atoms with Crippen molar-refractivity contribution in [3.8, 4) is 5.75 Å². The van der Waals surface area contributed by atoms with Crippen LogP contribution in [-0.4, -0.2) is 18.6 Å². The SMILES string of the molecule is C=CCCOc1cc(CNC)nc2ccccc12. The molecule has 0 bridgehead atoms. The molecule has 1 N–H and O–H groups in total. The summed E-state index contributed by atoms with van der Waals surface area (Å²) in [5, 5.41) is 4.17. The molecule has 1 aromatic carbocycles. The van der Waals surface area contributed by atoms with Gasteiger partial charge in [-0.3, -0.25) is 4.98 Å². The number of pyridine rings is 1. The summed E-state index contributed by atoms with van der Waals surface area (Å²) in [5.74, 6) is 0.896. The Morgan fingerprint density at radius 2 is 2.22 bits per heavy atom. The third-order valence-electron chi connectivity index (χ3n) is 2.67. The second-order valence-electron chi connectivity index (χ2n) is 4.09. The first-order valence-electron chi connectivity index (χ1n) is 6.12. The van der Waals surface area contributed by atoms with Gasteiger partial charge in [-0.1, -0.05) is 18.2 Å². The number of benzene rings is 1. The van der Waals surface area contributed by atoms with Crippen molar-refractivity contribution in [3.63, 3.8) is 0 Å². The molecule has 0 spiro atoms. The first kappa shape index (κ1) is 12.6. The number of hydrogen-bond donors (Lipinski definition) is 1. The number of para-hydroxylation sites is 1. The summed E-state index contributed by atoms with van der Waals surface area (Å²) in [5.41, 5.74) is 1.96. The van der Waals surface area contributed by atoms with Crippen molar-refractivity contribution in [2.75, 3.05) is 13.7 Å². The van der Waals surface area contributed by atoms with Gasteiger partial charge in [0.25, 0.3) is 0 Å². The summed E-state index contributed by atoms with van der Waals surface area (Å²) >= 11 is 0. The Labute approximate surface area is 107 Å². The van der Waals surface area contributed by atoms with Crippen LogP contribution >= 0.6 is 0 Å². The van der Waals surface area contributed by atoms with E-state index in [1.807, 2.05) is 43.5 Å². The van der Waals surface area contributed by atoms with Crippen molar-refractivity contribution < 1.29 is 4.74 Å². The first-order valence-corrected chi connectivity index (χ1v) is 6.12. The number of nitrogens with zero attached hydrogens (tertiary/aromatic N) is 1. The third-order valence-corrected chi connectivity index (χ3v) is 2.67. The molecular formula is C15H18N2O. The largest absolute Gasteiger partial charge is 0.492 e. The summed E-state index contributed by atoms with van der Waals surface area (Å²) < 4.78 is 5.81. The van der Waals surface area contributed by atoms with Crippen molar-refractivity contribution in [2.24, 2.45) is 0 Å². The van der Waals surface area contributed by atoms with Crippen LogP contribution in [0.1, 0.15) is 12.1 Å². The normalized spacial score (nSPS) is 10.5. The van der Waals surface area contributed by atoms with Crippen molar-refractivity contribution >= 4 is 10.9 Å². The molecule has 0 aliphatic rings. The summed E-state index contributed by atoms with van der Waals surface area (Å²) in [6.07, 6.45) is 2.70. The topological polar surface area (TPSA) is 34.1 Å². The summed E-state index contributed by atoms with van der Waals surface area (Å²) in [6.45, 7) is 5.09. The first-order chi connectivity index (χ1) is 8.85. The van der Waals surface area contributed by atoms with E-state index in [2.05, 4.69) is 16.9 Å². The number of ether oxygens (including phenoxy) is 1. The molecule has 0 fully saturated rings. The van der Waals surface area contributed by atoms with Gasteiger partial charge in [-0.15, -0.1) is 6.58 Å². The smallest absolute Gasteiger partial charge is 0.130 e. The summed E-state index contributed by atoms with van der Waals surface area (Å²) in [7, 11) is 1.91. The van der Waals surface area contributed by atoms with Gasteiger partial charge in [-0.25, -0.2) is 0 Å². The second kappa shape index (κ2) is 6.17. The van der Waals surface area contributed by atoms with Gasteiger partial charge in [0.05, 0.1) is 17.8 Å². The van der Waals surface area contributed by atoms with Crippen LogP contribution in [-0.2, 0) is 6.54 Å². The lowest BCUT2D eigenvalue weighted by molar-refractivity contribution is 0.328. The van der Waals surface area contributed by atoms with E-state index in [9.17, 15) is 0 Å². The zero-order valence-electron chi connectivity index (χ0n) is 10.6. The summed E-state index contributed by atoms with van der Waals surface area (Å²) in [4.78, 5) is 4.59. The molecular weight excluding hydrogens is 224 g/mol. The Balaban J connectivity index is 2.36. The van der Waals surface area contributed by atoms with Gasteiger partial charge in [-0.2, -0.15) is 0 Å². The molecule has 0 aliphatic heterocycles. The molecule has 0 unspecified atom stereocenters. The molecule has 2 aromatic rings. The van der Waals surface area contributed by atoms with E-state index in [0.29, 0.717) is 6.61 Å². The van der Waals surface area contributed by atoms with Gasteiger partial charge < -0.3 is 10.1 Å². The van der Waals surface area contributed by atoms with E-state index in [0.717, 1.165) is 35.3 Å². The highest BCUT2D eigenvalue weighted by Crippen LogP contribution is 2.25. The Bertz CT molecular complexity index is 537. The highest BCUT2D eigenvalue weighted by Gasteiger charge is 2.05. The molecule has 0 saturated carbocycles. The van der Waals surface area contributed by atoms with Crippen LogP contribution in [0, 0.1) is 0 Å². The minimum absolute atomic E-state index is 0.649. The Kier molecular flexibility index (Phi) is 4.31. The van der Waals surface area contributed by atoms with Gasteiger partial charge in [0.1, 0.15) is 5.75 Å². The molecule has 0 saturated heterocycles. The van der Waals surface area contributed by atoms with E-state index in [1.165, 1.54) is 0 Å². The zero-order chi connectivity index (χ0) is 12.8. The molecule has 2 rings (SSSR count). The molecule has 18 heavy (non-hydrogen) atoms. The van der Waals surface area contributed by atoms with Crippen LogP contribution in [0.5, 0.6) is 5.75 Å². The Hall–Kier alpha value is -1.87. The van der Waals surface area contributed by atoms with Gasteiger partial charge in [-0.05, 0) is 25.6 Å². The fraction of sp³-hybridized carbons (Fsp3) is 0.267. The lowest BCUT2D eigenvalue weighted by atomic mass is 10.2. The average Bonchev–Trinajstić information content (AvgIpc) is 2.39. The van der Waals surface area contributed by atoms with Crippen molar-refractivity contribution in [1.82, 2.24) is 10.3 Å². The van der Waals surface area contributed by atoms with E-state index >= 15 is 0 Å². The molecule has 3 nitrogen and oxygen atoms in total. The number of aromatic nitrogens is 1. The summed E-state index contributed by atoms with van der Waals surface area (Å²) in [6, 6.07) is 10.0. The molecule has 94 valence electrons. The maximum atomic E-state index is 5.81. The average molecular weight is 242 g/mol. The van der Waals surface area contributed by atoms with Crippen molar-refractivity contribution in [1.29, 1.82) is 0 Å². The van der Waals surface area contributed by atoms with Gasteiger partial charge >= 0.3 is 0 Å². The van der Waals surface area contributed by atoms with Crippen molar-refractivity contribution in [3.05, 3.63) is 48.7 Å². The quantitative estimate of drug-likeness (QED) is 0.624. The molecule has 0 atom stereocenters. The van der Waals surface area contributed by atoms with Crippen molar-refractivity contribution in [2.45, 2.75) is 13.0 Å². The maximum Gasteiger partial charge on any atom is 0.130 e. The fourth-order valence-electron chi connectivity index (χ4n) is 1.84. The second-order valence-corrected chi connectivity index (χ2v) is 4.09. The number of nitrogens with one attached hydrogen (secondary N) is 1. The number of rotatable bonds is 6. The number of hydrogen-bond acceptors (Lipinski definition) is 3. The third kappa shape index (κ3) is 2.87. The fourth-order valence-corrected chi connectivity index (χ4v) is 1.84. The van der Waals surface area contributed by atoms with E-state index < -0.39 is 0 Å². The van der Waals surface area contributed by atoms with E-state index in [1.54, 1.807) is 0 Å². The van der Waals surface area contributed by atoms with Gasteiger partial charge in [0.15, 0.2) is 0 Å². The Morgan fingerprint density at radius 1 is 1.39 bits per heavy atom. The predicted octanol–water partition coefficient (Wildman–Crippen LogP) is 2.91. The lowest BCUT2D eigenvalue weighted by Gasteiger charge is -2.10. The molecule has 1 aromatic heterocycles. The van der Waals surface area contributed by atoms with Crippen LogP contribution in [0.4, 0.5) is 0 Å². The predicted molar refractivity (Wildman–Crippen MR) is 74.8 cm³/mol. The molecule has 1 heterocycles. The monoisotopic (exact) mass is 242 g/mol. The lowest BCUT2D eigenvalue weighted by Crippen LogP contribution is -2.08. The maximum absolute atomic E-state index is 5.81. The van der Waals surface area contributed by atoms with Gasteiger partial charge in [0.2, 0.25) is 0 Å². The minimum Gasteiger partial charge on any atom is -0.492 e.